The number of carbonyl (C=O) groups excluding carboxylic acids is 2. The van der Waals surface area contributed by atoms with Gasteiger partial charge in [-0.15, -0.1) is 0 Å². The minimum absolute atomic E-state index is 0.0308. The van der Waals surface area contributed by atoms with Crippen molar-refractivity contribution in [3.63, 3.8) is 0 Å². The van der Waals surface area contributed by atoms with Crippen LogP contribution in [0.2, 0.25) is 0 Å². The molecule has 0 spiro atoms. The van der Waals surface area contributed by atoms with Crippen molar-refractivity contribution in [1.82, 2.24) is 9.80 Å². The van der Waals surface area contributed by atoms with E-state index in [4.69, 9.17) is 0 Å². The normalized spacial score (nSPS) is 22.2. The van der Waals surface area contributed by atoms with Crippen LogP contribution < -0.4 is 0 Å². The minimum Gasteiger partial charge on any atom is -0.296 e. The van der Waals surface area contributed by atoms with Crippen LogP contribution in [-0.4, -0.2) is 46.3 Å². The Balaban J connectivity index is 1.41. The molecular weight excluding hydrogens is 372 g/mol. The fourth-order valence-corrected chi connectivity index (χ4v) is 5.77. The van der Waals surface area contributed by atoms with E-state index >= 15 is 0 Å². The highest BCUT2D eigenvalue weighted by Crippen LogP contribution is 2.41. The average Bonchev–Trinajstić information content (AvgIpc) is 2.98. The van der Waals surface area contributed by atoms with Gasteiger partial charge < -0.3 is 0 Å². The first-order valence-electron chi connectivity index (χ1n) is 12.7. The maximum atomic E-state index is 11.6. The zero-order chi connectivity index (χ0) is 22.2. The molecule has 2 rings (SSSR count). The van der Waals surface area contributed by atoms with Crippen molar-refractivity contribution in [2.45, 2.75) is 135 Å². The molecule has 174 valence electrons. The van der Waals surface area contributed by atoms with Crippen molar-refractivity contribution in [1.29, 1.82) is 0 Å². The minimum atomic E-state index is 0.0308. The fraction of sp³-hybridized carbons (Fsp3) is 0.923. The van der Waals surface area contributed by atoms with Crippen LogP contribution in [-0.2, 0) is 9.59 Å². The Morgan fingerprint density at radius 1 is 0.700 bits per heavy atom. The molecule has 0 aromatic carbocycles. The van der Waals surface area contributed by atoms with Crippen LogP contribution >= 0.6 is 0 Å². The monoisotopic (exact) mass is 420 g/mol. The summed E-state index contributed by atoms with van der Waals surface area (Å²) in [5.74, 6) is 0.948. The van der Waals surface area contributed by atoms with Gasteiger partial charge in [0.2, 0.25) is 11.8 Å². The smallest absolute Gasteiger partial charge is 0.229 e. The van der Waals surface area contributed by atoms with Gasteiger partial charge in [0.1, 0.15) is 0 Å². The van der Waals surface area contributed by atoms with Gasteiger partial charge >= 0.3 is 0 Å². The van der Waals surface area contributed by atoms with Crippen molar-refractivity contribution >= 4 is 11.8 Å². The Bertz CT molecular complexity index is 521. The summed E-state index contributed by atoms with van der Waals surface area (Å²) in [6.07, 6.45) is 17.8. The summed E-state index contributed by atoms with van der Waals surface area (Å²) in [5, 5.41) is 0. The lowest BCUT2D eigenvalue weighted by Crippen LogP contribution is -2.58. The van der Waals surface area contributed by atoms with E-state index < -0.39 is 0 Å². The van der Waals surface area contributed by atoms with Gasteiger partial charge in [0.05, 0.1) is 0 Å². The summed E-state index contributed by atoms with van der Waals surface area (Å²) < 4.78 is 0. The number of rotatable bonds is 13. The lowest BCUT2D eigenvalue weighted by Gasteiger charge is -2.54. The number of piperidine rings is 1. The first kappa shape index (κ1) is 25.4. The van der Waals surface area contributed by atoms with Crippen LogP contribution in [0.25, 0.3) is 0 Å². The molecule has 0 radical (unpaired) electrons. The van der Waals surface area contributed by atoms with Crippen molar-refractivity contribution in [3.05, 3.63) is 0 Å². The maximum absolute atomic E-state index is 11.6. The number of unbranched alkanes of at least 4 members (excludes halogenated alkanes) is 9. The Morgan fingerprint density at radius 2 is 1.10 bits per heavy atom. The SMILES string of the molecule is CN1C(C)(C)CC(CCCCCCCCCCCCN2C(=O)CCC2=O)CC1(C)C. The lowest BCUT2D eigenvalue weighted by atomic mass is 9.72. The third kappa shape index (κ3) is 7.66. The molecule has 0 aromatic heterocycles. The summed E-state index contributed by atoms with van der Waals surface area (Å²) in [6, 6.07) is 0. The third-order valence-corrected chi connectivity index (χ3v) is 7.79. The van der Waals surface area contributed by atoms with E-state index in [0.717, 1.165) is 18.8 Å². The molecule has 4 nitrogen and oxygen atoms in total. The molecule has 2 heterocycles. The Morgan fingerprint density at radius 3 is 1.57 bits per heavy atom. The fourth-order valence-electron chi connectivity index (χ4n) is 5.77. The van der Waals surface area contributed by atoms with E-state index in [1.807, 2.05) is 0 Å². The molecule has 2 aliphatic heterocycles. The molecule has 2 saturated heterocycles. The van der Waals surface area contributed by atoms with Gasteiger partial charge in [-0.1, -0.05) is 64.2 Å². The molecule has 0 atom stereocenters. The number of nitrogens with zero attached hydrogens (tertiary/aromatic N) is 2. The maximum Gasteiger partial charge on any atom is 0.229 e. The van der Waals surface area contributed by atoms with E-state index in [9.17, 15) is 9.59 Å². The average molecular weight is 421 g/mol. The number of hydrogen-bond donors (Lipinski definition) is 0. The second kappa shape index (κ2) is 11.6. The Kier molecular flexibility index (Phi) is 9.84. The van der Waals surface area contributed by atoms with Crippen LogP contribution in [0.1, 0.15) is 124 Å². The highest BCUT2D eigenvalue weighted by atomic mass is 16.2. The molecule has 0 unspecified atom stereocenters. The van der Waals surface area contributed by atoms with Gasteiger partial charge in [-0.25, -0.2) is 0 Å². The van der Waals surface area contributed by atoms with Gasteiger partial charge in [-0.2, -0.15) is 0 Å². The number of imide groups is 1. The van der Waals surface area contributed by atoms with Crippen LogP contribution in [0, 0.1) is 5.92 Å². The predicted molar refractivity (Wildman–Crippen MR) is 125 cm³/mol. The van der Waals surface area contributed by atoms with Gasteiger partial charge in [-0.05, 0) is 59.9 Å². The van der Waals surface area contributed by atoms with Crippen LogP contribution in [0.4, 0.5) is 0 Å². The Labute approximate surface area is 186 Å². The van der Waals surface area contributed by atoms with E-state index in [0.29, 0.717) is 30.5 Å². The highest BCUT2D eigenvalue weighted by molar-refractivity contribution is 6.01. The van der Waals surface area contributed by atoms with E-state index in [1.165, 1.54) is 75.5 Å². The number of hydrogen-bond acceptors (Lipinski definition) is 3. The van der Waals surface area contributed by atoms with E-state index in [1.54, 1.807) is 0 Å². The van der Waals surface area contributed by atoms with E-state index in [-0.39, 0.29) is 11.8 Å². The standard InChI is InChI=1S/C26H48N2O2/c1-25(2)20-22(21-26(3,4)27(25)5)16-14-12-10-8-6-7-9-11-13-15-19-28-23(29)17-18-24(28)30/h22H,6-21H2,1-5H3. The van der Waals surface area contributed by atoms with Crippen molar-refractivity contribution in [2.75, 3.05) is 13.6 Å². The first-order chi connectivity index (χ1) is 14.1. The predicted octanol–water partition coefficient (Wildman–Crippen LogP) is 6.33. The topological polar surface area (TPSA) is 40.6 Å². The highest BCUT2D eigenvalue weighted by Gasteiger charge is 2.42. The van der Waals surface area contributed by atoms with Crippen molar-refractivity contribution in [3.8, 4) is 0 Å². The second-order valence-corrected chi connectivity index (χ2v) is 11.2. The quantitative estimate of drug-likeness (QED) is 0.258. The van der Waals surface area contributed by atoms with Crippen molar-refractivity contribution in [2.24, 2.45) is 5.92 Å². The van der Waals surface area contributed by atoms with Crippen molar-refractivity contribution < 1.29 is 9.59 Å². The molecule has 0 saturated carbocycles. The van der Waals surface area contributed by atoms with Gasteiger partial charge in [0.15, 0.2) is 0 Å². The molecule has 30 heavy (non-hydrogen) atoms. The molecule has 2 aliphatic rings. The van der Waals surface area contributed by atoms with Crippen LogP contribution in [0.5, 0.6) is 0 Å². The molecule has 4 heteroatoms. The summed E-state index contributed by atoms with van der Waals surface area (Å²) in [7, 11) is 2.30. The van der Waals surface area contributed by atoms with Gasteiger partial charge in [-0.3, -0.25) is 19.4 Å². The zero-order valence-electron chi connectivity index (χ0n) is 20.6. The molecule has 2 fully saturated rings. The van der Waals surface area contributed by atoms with Gasteiger partial charge in [0, 0.05) is 30.5 Å². The summed E-state index contributed by atoms with van der Waals surface area (Å²) >= 11 is 0. The number of carbonyl (C=O) groups is 2. The van der Waals surface area contributed by atoms with Crippen LogP contribution in [0.3, 0.4) is 0 Å². The third-order valence-electron chi connectivity index (χ3n) is 7.79. The second-order valence-electron chi connectivity index (χ2n) is 11.2. The number of amides is 2. The number of likely N-dealkylation sites (tertiary alicyclic amines) is 2. The lowest BCUT2D eigenvalue weighted by molar-refractivity contribution is -0.138. The summed E-state index contributed by atoms with van der Waals surface area (Å²) in [5.41, 5.74) is 0.651. The molecule has 0 bridgehead atoms. The Hall–Kier alpha value is -0.900. The first-order valence-corrected chi connectivity index (χ1v) is 12.7. The largest absolute Gasteiger partial charge is 0.296 e. The molecular formula is C26H48N2O2. The summed E-state index contributed by atoms with van der Waals surface area (Å²) in [4.78, 5) is 27.2. The van der Waals surface area contributed by atoms with Crippen LogP contribution in [0.15, 0.2) is 0 Å². The van der Waals surface area contributed by atoms with Gasteiger partial charge in [0.25, 0.3) is 0 Å². The van der Waals surface area contributed by atoms with E-state index in [2.05, 4.69) is 39.6 Å². The molecule has 0 aromatic rings. The molecule has 2 amide bonds. The zero-order valence-corrected chi connectivity index (χ0v) is 20.6. The molecule has 0 aliphatic carbocycles. The summed E-state index contributed by atoms with van der Waals surface area (Å²) in [6.45, 7) is 10.3. The molecule has 0 N–H and O–H groups in total.